The van der Waals surface area contributed by atoms with Gasteiger partial charge in [-0.05, 0) is 12.3 Å². The van der Waals surface area contributed by atoms with Crippen LogP contribution in [0.1, 0.15) is 57.8 Å². The van der Waals surface area contributed by atoms with E-state index in [4.69, 9.17) is 14.9 Å². The van der Waals surface area contributed by atoms with Crippen molar-refractivity contribution in [2.75, 3.05) is 13.2 Å². The van der Waals surface area contributed by atoms with Crippen molar-refractivity contribution in [2.24, 2.45) is 5.92 Å². The lowest BCUT2D eigenvalue weighted by molar-refractivity contribution is -0.147. The first kappa shape index (κ1) is 15.4. The van der Waals surface area contributed by atoms with Crippen LogP contribution in [0.15, 0.2) is 0 Å². The Labute approximate surface area is 109 Å². The van der Waals surface area contributed by atoms with Crippen molar-refractivity contribution in [3.8, 4) is 0 Å². The summed E-state index contributed by atoms with van der Waals surface area (Å²) in [6.45, 7) is -0.465. The fourth-order valence-electron chi connectivity index (χ4n) is 2.49. The lowest BCUT2D eigenvalue weighted by Gasteiger charge is -2.21. The van der Waals surface area contributed by atoms with Crippen molar-refractivity contribution in [3.05, 3.63) is 0 Å². The smallest absolute Gasteiger partial charge is 0.305 e. The summed E-state index contributed by atoms with van der Waals surface area (Å²) >= 11 is 0. The largest absolute Gasteiger partial charge is 0.463 e. The summed E-state index contributed by atoms with van der Waals surface area (Å²) in [6.07, 6.45) is 9.48. The Morgan fingerprint density at radius 1 is 1.22 bits per heavy atom. The van der Waals surface area contributed by atoms with Gasteiger partial charge in [0.15, 0.2) is 0 Å². The first-order valence-electron chi connectivity index (χ1n) is 7.17. The number of ether oxygens (including phenoxy) is 1. The van der Waals surface area contributed by atoms with Crippen LogP contribution in [0.25, 0.3) is 0 Å². The molecule has 1 aliphatic rings. The zero-order valence-electron chi connectivity index (χ0n) is 11.1. The second-order valence-electron chi connectivity index (χ2n) is 5.27. The van der Waals surface area contributed by atoms with Gasteiger partial charge in [0, 0.05) is 6.42 Å². The molecule has 106 valence electrons. The zero-order valence-corrected chi connectivity index (χ0v) is 11.1. The molecule has 18 heavy (non-hydrogen) atoms. The third-order valence-electron chi connectivity index (χ3n) is 3.62. The Morgan fingerprint density at radius 2 is 1.94 bits per heavy atom. The van der Waals surface area contributed by atoms with Crippen molar-refractivity contribution in [1.82, 2.24) is 0 Å². The number of unbranched alkanes of at least 4 members (excludes halogenated alkanes) is 1. The normalized spacial score (nSPS) is 18.6. The molecule has 1 atom stereocenters. The Kier molecular flexibility index (Phi) is 8.01. The van der Waals surface area contributed by atoms with E-state index in [2.05, 4.69) is 0 Å². The van der Waals surface area contributed by atoms with Gasteiger partial charge in [-0.3, -0.25) is 4.79 Å². The summed E-state index contributed by atoms with van der Waals surface area (Å²) in [5, 5.41) is 17.6. The number of esters is 1. The quantitative estimate of drug-likeness (QED) is 0.516. The highest BCUT2D eigenvalue weighted by Gasteiger charge is 2.13. The SMILES string of the molecule is O=C(CCCCC1CCCCC1)OCC(O)CO. The molecule has 4 heteroatoms. The van der Waals surface area contributed by atoms with Gasteiger partial charge in [-0.25, -0.2) is 0 Å². The minimum Gasteiger partial charge on any atom is -0.463 e. The highest BCUT2D eigenvalue weighted by atomic mass is 16.5. The fourth-order valence-corrected chi connectivity index (χ4v) is 2.49. The van der Waals surface area contributed by atoms with Gasteiger partial charge in [0.05, 0.1) is 6.61 Å². The molecule has 0 aromatic carbocycles. The zero-order chi connectivity index (χ0) is 13.2. The van der Waals surface area contributed by atoms with E-state index in [1.165, 1.54) is 38.5 Å². The van der Waals surface area contributed by atoms with Crippen LogP contribution in [0.5, 0.6) is 0 Å². The number of aliphatic hydroxyl groups is 2. The maximum atomic E-state index is 11.3. The van der Waals surface area contributed by atoms with Crippen LogP contribution < -0.4 is 0 Å². The summed E-state index contributed by atoms with van der Waals surface area (Å²) in [5.41, 5.74) is 0. The number of aliphatic hydroxyl groups excluding tert-OH is 2. The van der Waals surface area contributed by atoms with Gasteiger partial charge < -0.3 is 14.9 Å². The predicted molar refractivity (Wildman–Crippen MR) is 69.1 cm³/mol. The minimum atomic E-state index is -0.948. The maximum Gasteiger partial charge on any atom is 0.305 e. The van der Waals surface area contributed by atoms with E-state index in [9.17, 15) is 4.79 Å². The van der Waals surface area contributed by atoms with Gasteiger partial charge in [0.1, 0.15) is 12.7 Å². The topological polar surface area (TPSA) is 66.8 Å². The Bertz CT molecular complexity index is 224. The monoisotopic (exact) mass is 258 g/mol. The average Bonchev–Trinajstić information content (AvgIpc) is 2.42. The fraction of sp³-hybridized carbons (Fsp3) is 0.929. The molecule has 0 radical (unpaired) electrons. The summed E-state index contributed by atoms with van der Waals surface area (Å²) in [7, 11) is 0. The molecule has 1 unspecified atom stereocenters. The molecule has 0 saturated heterocycles. The molecule has 0 aromatic rings. The highest BCUT2D eigenvalue weighted by molar-refractivity contribution is 5.69. The van der Waals surface area contributed by atoms with Gasteiger partial charge in [-0.15, -0.1) is 0 Å². The van der Waals surface area contributed by atoms with Crippen LogP contribution >= 0.6 is 0 Å². The molecule has 0 heterocycles. The standard InChI is InChI=1S/C14H26O4/c15-10-13(16)11-18-14(17)9-5-4-8-12-6-2-1-3-7-12/h12-13,15-16H,1-11H2. The van der Waals surface area contributed by atoms with Crippen LogP contribution in [-0.4, -0.2) is 35.5 Å². The van der Waals surface area contributed by atoms with Gasteiger partial charge in [-0.2, -0.15) is 0 Å². The number of hydrogen-bond donors (Lipinski definition) is 2. The molecule has 0 amide bonds. The summed E-state index contributed by atoms with van der Waals surface area (Å²) in [4.78, 5) is 11.3. The molecule has 4 nitrogen and oxygen atoms in total. The molecule has 1 aliphatic carbocycles. The van der Waals surface area contributed by atoms with Crippen LogP contribution in [0, 0.1) is 5.92 Å². The van der Waals surface area contributed by atoms with Crippen LogP contribution in [0.2, 0.25) is 0 Å². The van der Waals surface area contributed by atoms with Gasteiger partial charge in [-0.1, -0.05) is 44.9 Å². The third-order valence-corrected chi connectivity index (χ3v) is 3.62. The summed E-state index contributed by atoms with van der Waals surface area (Å²) in [5.74, 6) is 0.595. The number of rotatable bonds is 8. The number of hydrogen-bond acceptors (Lipinski definition) is 4. The summed E-state index contributed by atoms with van der Waals surface area (Å²) < 4.78 is 4.84. The average molecular weight is 258 g/mol. The minimum absolute atomic E-state index is 0.0992. The van der Waals surface area contributed by atoms with E-state index < -0.39 is 6.10 Å². The lowest BCUT2D eigenvalue weighted by atomic mass is 9.86. The molecule has 1 saturated carbocycles. The Balaban J connectivity index is 1.94. The highest BCUT2D eigenvalue weighted by Crippen LogP contribution is 2.27. The van der Waals surface area contributed by atoms with Gasteiger partial charge in [0.25, 0.3) is 0 Å². The predicted octanol–water partition coefficient (Wildman–Crippen LogP) is 2.02. The Morgan fingerprint density at radius 3 is 2.61 bits per heavy atom. The maximum absolute atomic E-state index is 11.3. The molecule has 0 aromatic heterocycles. The van der Waals surface area contributed by atoms with Crippen molar-refractivity contribution in [2.45, 2.75) is 63.9 Å². The van der Waals surface area contributed by atoms with Gasteiger partial charge in [0.2, 0.25) is 0 Å². The van der Waals surface area contributed by atoms with Gasteiger partial charge >= 0.3 is 5.97 Å². The summed E-state index contributed by atoms with van der Waals surface area (Å²) in [6, 6.07) is 0. The van der Waals surface area contributed by atoms with Crippen LogP contribution in [-0.2, 0) is 9.53 Å². The van der Waals surface area contributed by atoms with E-state index >= 15 is 0 Å². The molecule has 1 rings (SSSR count). The molecular weight excluding hydrogens is 232 g/mol. The molecule has 1 fully saturated rings. The van der Waals surface area contributed by atoms with Crippen molar-refractivity contribution >= 4 is 5.97 Å². The van der Waals surface area contributed by atoms with E-state index in [1.807, 2.05) is 0 Å². The van der Waals surface area contributed by atoms with E-state index in [1.54, 1.807) is 0 Å². The van der Waals surface area contributed by atoms with Crippen molar-refractivity contribution in [1.29, 1.82) is 0 Å². The first-order valence-corrected chi connectivity index (χ1v) is 7.17. The lowest BCUT2D eigenvalue weighted by Crippen LogP contribution is -2.21. The number of carbonyl (C=O) groups excluding carboxylic acids is 1. The van der Waals surface area contributed by atoms with Crippen LogP contribution in [0.3, 0.4) is 0 Å². The first-order chi connectivity index (χ1) is 8.72. The van der Waals surface area contributed by atoms with E-state index in [-0.39, 0.29) is 19.2 Å². The van der Waals surface area contributed by atoms with E-state index in [0.717, 1.165) is 18.8 Å². The molecule has 0 bridgehead atoms. The molecular formula is C14H26O4. The van der Waals surface area contributed by atoms with Crippen molar-refractivity contribution < 1.29 is 19.7 Å². The third kappa shape index (κ3) is 6.97. The van der Waals surface area contributed by atoms with Crippen molar-refractivity contribution in [3.63, 3.8) is 0 Å². The van der Waals surface area contributed by atoms with Crippen LogP contribution in [0.4, 0.5) is 0 Å². The molecule has 2 N–H and O–H groups in total. The Hall–Kier alpha value is -0.610. The second-order valence-corrected chi connectivity index (χ2v) is 5.27. The van der Waals surface area contributed by atoms with E-state index in [0.29, 0.717) is 6.42 Å². The second kappa shape index (κ2) is 9.34. The number of carbonyl (C=O) groups is 1. The molecule has 0 aliphatic heterocycles. The molecule has 0 spiro atoms.